The summed E-state index contributed by atoms with van der Waals surface area (Å²) in [6.45, 7) is 10.8. The topological polar surface area (TPSA) is 64.1 Å². The average Bonchev–Trinajstić information content (AvgIpc) is 2.81. The molecule has 1 fully saturated rings. The molecule has 1 aliphatic heterocycles. The van der Waals surface area contributed by atoms with Gasteiger partial charge < -0.3 is 24.0 Å². The van der Waals surface area contributed by atoms with E-state index >= 15 is 0 Å². The predicted molar refractivity (Wildman–Crippen MR) is 134 cm³/mol. The fraction of sp³-hybridized carbons (Fsp3) is 0.407. The van der Waals surface area contributed by atoms with Crippen LogP contribution in [0.2, 0.25) is 0 Å². The first-order valence-corrected chi connectivity index (χ1v) is 11.6. The van der Waals surface area contributed by atoms with Crippen molar-refractivity contribution in [2.75, 3.05) is 38.2 Å². The zero-order chi connectivity index (χ0) is 24.3. The molecule has 0 bridgehead atoms. The summed E-state index contributed by atoms with van der Waals surface area (Å²) in [7, 11) is 1.66. The first-order chi connectivity index (χ1) is 16.2. The molecule has 1 aliphatic rings. The van der Waals surface area contributed by atoms with Crippen molar-refractivity contribution in [1.29, 1.82) is 0 Å². The summed E-state index contributed by atoms with van der Waals surface area (Å²) in [6, 6.07) is 16.1. The molecule has 0 N–H and O–H groups in total. The quantitative estimate of drug-likeness (QED) is 0.519. The normalized spacial score (nSPS) is 14.3. The van der Waals surface area contributed by atoms with E-state index in [1.807, 2.05) is 64.1 Å². The van der Waals surface area contributed by atoms with E-state index in [0.29, 0.717) is 19.7 Å². The molecule has 34 heavy (non-hydrogen) atoms. The summed E-state index contributed by atoms with van der Waals surface area (Å²) in [5.41, 5.74) is 3.49. The van der Waals surface area contributed by atoms with Crippen LogP contribution in [0, 0.1) is 6.92 Å². The second-order valence-electron chi connectivity index (χ2n) is 9.55. The van der Waals surface area contributed by atoms with Crippen LogP contribution < -0.4 is 14.4 Å². The maximum Gasteiger partial charge on any atom is 0.410 e. The number of ether oxygens (including phenoxy) is 3. The number of carbonyl (C=O) groups is 1. The molecule has 180 valence electrons. The van der Waals surface area contributed by atoms with E-state index in [2.05, 4.69) is 22.0 Å². The molecule has 2 aromatic carbocycles. The lowest BCUT2D eigenvalue weighted by atomic mass is 10.1. The molecule has 3 aromatic rings. The van der Waals surface area contributed by atoms with Crippen molar-refractivity contribution in [3.63, 3.8) is 0 Å². The van der Waals surface area contributed by atoms with Crippen LogP contribution in [0.5, 0.6) is 11.5 Å². The number of methoxy groups -OCH3 is 1. The number of hydrogen-bond acceptors (Lipinski definition) is 6. The van der Waals surface area contributed by atoms with Gasteiger partial charge in [-0.2, -0.15) is 0 Å². The highest BCUT2D eigenvalue weighted by molar-refractivity contribution is 5.88. The van der Waals surface area contributed by atoms with Crippen molar-refractivity contribution in [3.8, 4) is 11.5 Å². The van der Waals surface area contributed by atoms with E-state index in [4.69, 9.17) is 14.2 Å². The summed E-state index contributed by atoms with van der Waals surface area (Å²) in [5, 5.41) is 0.978. The minimum absolute atomic E-state index is 0.250. The van der Waals surface area contributed by atoms with Gasteiger partial charge in [-0.15, -0.1) is 0 Å². The Morgan fingerprint density at radius 1 is 1.00 bits per heavy atom. The van der Waals surface area contributed by atoms with Gasteiger partial charge in [0.15, 0.2) is 0 Å². The third kappa shape index (κ3) is 5.71. The van der Waals surface area contributed by atoms with Gasteiger partial charge >= 0.3 is 6.09 Å². The van der Waals surface area contributed by atoms with Crippen LogP contribution in [-0.4, -0.2) is 54.9 Å². The number of rotatable bonds is 5. The monoisotopic (exact) mass is 463 g/mol. The number of aryl methyl sites for hydroxylation is 1. The van der Waals surface area contributed by atoms with Gasteiger partial charge in [-0.3, -0.25) is 4.98 Å². The second kappa shape index (κ2) is 9.79. The molecule has 0 spiro atoms. The first-order valence-electron chi connectivity index (χ1n) is 11.6. The van der Waals surface area contributed by atoms with Crippen LogP contribution in [-0.2, 0) is 11.3 Å². The molecule has 0 radical (unpaired) electrons. The maximum atomic E-state index is 12.4. The van der Waals surface area contributed by atoms with E-state index in [-0.39, 0.29) is 6.09 Å². The summed E-state index contributed by atoms with van der Waals surface area (Å²) in [6.07, 6.45) is -0.250. The van der Waals surface area contributed by atoms with Crippen LogP contribution in [0.25, 0.3) is 10.9 Å². The summed E-state index contributed by atoms with van der Waals surface area (Å²) in [4.78, 5) is 21.1. The molecule has 0 atom stereocenters. The first kappa shape index (κ1) is 23.7. The van der Waals surface area contributed by atoms with Gasteiger partial charge in [0.05, 0.1) is 12.6 Å². The van der Waals surface area contributed by atoms with E-state index < -0.39 is 5.60 Å². The minimum atomic E-state index is -0.486. The van der Waals surface area contributed by atoms with E-state index in [1.54, 1.807) is 12.0 Å². The molecule has 2 heterocycles. The standard InChI is InChI=1S/C27H33N3O4/c1-19-16-25(33-18-20-6-9-22(32-5)10-7-20)23-17-21(8-11-24(23)28-19)29-12-14-30(15-13-29)26(31)34-27(2,3)4/h6-11,16-17H,12-15,18H2,1-5H3. The molecule has 0 saturated carbocycles. The number of benzene rings is 2. The van der Waals surface area contributed by atoms with E-state index in [0.717, 1.165) is 52.4 Å². The Kier molecular flexibility index (Phi) is 6.82. The van der Waals surface area contributed by atoms with Gasteiger partial charge in [0, 0.05) is 49.0 Å². The lowest BCUT2D eigenvalue weighted by Gasteiger charge is -2.36. The smallest absolute Gasteiger partial charge is 0.410 e. The lowest BCUT2D eigenvalue weighted by Crippen LogP contribution is -2.50. The van der Waals surface area contributed by atoms with Gasteiger partial charge in [0.1, 0.15) is 23.7 Å². The molecule has 0 aliphatic carbocycles. The number of amides is 1. The summed E-state index contributed by atoms with van der Waals surface area (Å²) < 4.78 is 17.0. The number of piperazine rings is 1. The highest BCUT2D eigenvalue weighted by Gasteiger charge is 2.26. The number of pyridine rings is 1. The summed E-state index contributed by atoms with van der Waals surface area (Å²) in [5.74, 6) is 1.64. The molecule has 1 aromatic heterocycles. The Morgan fingerprint density at radius 3 is 2.35 bits per heavy atom. The summed E-state index contributed by atoms with van der Waals surface area (Å²) >= 11 is 0. The Morgan fingerprint density at radius 2 is 1.71 bits per heavy atom. The van der Waals surface area contributed by atoms with Crippen LogP contribution in [0.3, 0.4) is 0 Å². The number of fused-ring (bicyclic) bond motifs is 1. The molecular formula is C27H33N3O4. The SMILES string of the molecule is COc1ccc(COc2cc(C)nc3ccc(N4CCN(C(=O)OC(C)(C)C)CC4)cc23)cc1. The highest BCUT2D eigenvalue weighted by Crippen LogP contribution is 2.31. The zero-order valence-corrected chi connectivity index (χ0v) is 20.6. The fourth-order valence-electron chi connectivity index (χ4n) is 3.98. The molecule has 7 nitrogen and oxygen atoms in total. The maximum absolute atomic E-state index is 12.4. The fourth-order valence-corrected chi connectivity index (χ4v) is 3.98. The molecule has 0 unspecified atom stereocenters. The van der Waals surface area contributed by atoms with E-state index in [9.17, 15) is 4.79 Å². The average molecular weight is 464 g/mol. The molecule has 7 heteroatoms. The minimum Gasteiger partial charge on any atom is -0.497 e. The predicted octanol–water partition coefficient (Wildman–Crippen LogP) is 5.19. The van der Waals surface area contributed by atoms with Crippen molar-refractivity contribution < 1.29 is 19.0 Å². The van der Waals surface area contributed by atoms with Crippen LogP contribution in [0.4, 0.5) is 10.5 Å². The Labute approximate surface area is 201 Å². The van der Waals surface area contributed by atoms with Crippen molar-refractivity contribution in [3.05, 3.63) is 59.8 Å². The van der Waals surface area contributed by atoms with Crippen molar-refractivity contribution in [1.82, 2.24) is 9.88 Å². The number of aromatic nitrogens is 1. The van der Waals surface area contributed by atoms with E-state index in [1.165, 1.54) is 0 Å². The number of nitrogens with zero attached hydrogens (tertiary/aromatic N) is 3. The Hall–Kier alpha value is -3.48. The highest BCUT2D eigenvalue weighted by atomic mass is 16.6. The van der Waals surface area contributed by atoms with Gasteiger partial charge in [-0.25, -0.2) is 4.79 Å². The molecule has 1 amide bonds. The Bertz CT molecular complexity index is 1150. The third-order valence-corrected chi connectivity index (χ3v) is 5.73. The van der Waals surface area contributed by atoms with Crippen LogP contribution in [0.15, 0.2) is 48.5 Å². The van der Waals surface area contributed by atoms with Crippen molar-refractivity contribution in [2.45, 2.75) is 39.9 Å². The van der Waals surface area contributed by atoms with Crippen molar-refractivity contribution >= 4 is 22.7 Å². The van der Waals surface area contributed by atoms with Gasteiger partial charge in [0.2, 0.25) is 0 Å². The third-order valence-electron chi connectivity index (χ3n) is 5.73. The Balaban J connectivity index is 1.48. The number of hydrogen-bond donors (Lipinski definition) is 0. The van der Waals surface area contributed by atoms with Gasteiger partial charge in [0.25, 0.3) is 0 Å². The van der Waals surface area contributed by atoms with Gasteiger partial charge in [-0.1, -0.05) is 12.1 Å². The number of anilines is 1. The second-order valence-corrected chi connectivity index (χ2v) is 9.55. The lowest BCUT2D eigenvalue weighted by molar-refractivity contribution is 0.0240. The largest absolute Gasteiger partial charge is 0.497 e. The molecule has 1 saturated heterocycles. The van der Waals surface area contributed by atoms with Crippen LogP contribution in [0.1, 0.15) is 32.0 Å². The molecule has 4 rings (SSSR count). The van der Waals surface area contributed by atoms with Gasteiger partial charge in [-0.05, 0) is 63.6 Å². The number of carbonyl (C=O) groups excluding carboxylic acids is 1. The van der Waals surface area contributed by atoms with Crippen molar-refractivity contribution in [2.24, 2.45) is 0 Å². The molecular weight excluding hydrogens is 430 g/mol. The van der Waals surface area contributed by atoms with Crippen LogP contribution >= 0.6 is 0 Å². The zero-order valence-electron chi connectivity index (χ0n) is 20.6.